The van der Waals surface area contributed by atoms with Crippen molar-refractivity contribution in [2.45, 2.75) is 25.8 Å². The highest BCUT2D eigenvalue weighted by atomic mass is 16.6. The summed E-state index contributed by atoms with van der Waals surface area (Å²) < 4.78 is 1.60. The molecule has 98 valence electrons. The van der Waals surface area contributed by atoms with Gasteiger partial charge in [-0.05, 0) is 30.9 Å². The maximum atomic E-state index is 11.0. The predicted molar refractivity (Wildman–Crippen MR) is 70.9 cm³/mol. The fourth-order valence-corrected chi connectivity index (χ4v) is 2.77. The van der Waals surface area contributed by atoms with Crippen LogP contribution >= 0.6 is 0 Å². The van der Waals surface area contributed by atoms with Gasteiger partial charge >= 0.3 is 5.69 Å². The van der Waals surface area contributed by atoms with E-state index in [-0.39, 0.29) is 17.5 Å². The number of nitro groups is 1. The minimum Gasteiger partial charge on any atom is -0.378 e. The first-order valence-corrected chi connectivity index (χ1v) is 6.13. The zero-order valence-corrected chi connectivity index (χ0v) is 10.5. The highest BCUT2D eigenvalue weighted by Gasteiger charge is 2.30. The lowest BCUT2D eigenvalue weighted by atomic mass is 10.1. The average molecular weight is 258 g/mol. The largest absolute Gasteiger partial charge is 0.378 e. The molecule has 0 fully saturated rings. The highest BCUT2D eigenvalue weighted by Crippen LogP contribution is 2.35. The number of aromatic nitrogens is 2. The van der Waals surface area contributed by atoms with E-state index in [0.29, 0.717) is 5.69 Å². The van der Waals surface area contributed by atoms with Gasteiger partial charge in [-0.1, -0.05) is 24.3 Å². The molecule has 0 atom stereocenters. The van der Waals surface area contributed by atoms with Crippen LogP contribution in [0.15, 0.2) is 24.3 Å². The summed E-state index contributed by atoms with van der Waals surface area (Å²) in [5.41, 5.74) is 8.71. The molecule has 1 aromatic heterocycles. The molecule has 2 N–H and O–H groups in total. The number of rotatable bonds is 2. The molecule has 0 bridgehead atoms. The van der Waals surface area contributed by atoms with Crippen LogP contribution in [0.3, 0.4) is 0 Å². The molecule has 0 spiro atoms. The molecule has 0 unspecified atom stereocenters. The van der Waals surface area contributed by atoms with Crippen LogP contribution in [0.5, 0.6) is 0 Å². The van der Waals surface area contributed by atoms with Gasteiger partial charge in [0.1, 0.15) is 5.69 Å². The van der Waals surface area contributed by atoms with Crippen molar-refractivity contribution in [1.29, 1.82) is 0 Å². The normalized spacial score (nSPS) is 14.6. The molecular weight excluding hydrogens is 244 g/mol. The van der Waals surface area contributed by atoms with Crippen LogP contribution in [0, 0.1) is 17.0 Å². The van der Waals surface area contributed by atoms with E-state index in [1.165, 1.54) is 11.1 Å². The summed E-state index contributed by atoms with van der Waals surface area (Å²) in [5.74, 6) is 0.153. The van der Waals surface area contributed by atoms with E-state index in [4.69, 9.17) is 5.73 Å². The quantitative estimate of drug-likeness (QED) is 0.659. The van der Waals surface area contributed by atoms with E-state index >= 15 is 0 Å². The van der Waals surface area contributed by atoms with Gasteiger partial charge in [-0.15, -0.1) is 0 Å². The zero-order valence-electron chi connectivity index (χ0n) is 10.5. The summed E-state index contributed by atoms with van der Waals surface area (Å²) in [7, 11) is 0. The molecule has 1 aliphatic carbocycles. The number of anilines is 1. The van der Waals surface area contributed by atoms with E-state index in [1.54, 1.807) is 11.6 Å². The molecule has 1 aromatic carbocycles. The number of benzene rings is 1. The number of hydrogen-bond donors (Lipinski definition) is 1. The van der Waals surface area contributed by atoms with Gasteiger partial charge in [-0.3, -0.25) is 10.1 Å². The molecule has 0 aliphatic heterocycles. The second-order valence-electron chi connectivity index (χ2n) is 4.85. The Morgan fingerprint density at radius 1 is 1.37 bits per heavy atom. The standard InChI is InChI=1S/C13H14N4O2/c1-8-12(17(18)19)13(14)16(15-8)11-6-9-4-2-3-5-10(9)7-11/h2-5,11H,6-7,14H2,1H3. The van der Waals surface area contributed by atoms with Crippen LogP contribution in [-0.4, -0.2) is 14.7 Å². The molecular formula is C13H14N4O2. The van der Waals surface area contributed by atoms with E-state index in [0.717, 1.165) is 12.8 Å². The number of nitrogens with zero attached hydrogens (tertiary/aromatic N) is 3. The molecule has 19 heavy (non-hydrogen) atoms. The Morgan fingerprint density at radius 3 is 2.42 bits per heavy atom. The van der Waals surface area contributed by atoms with Crippen molar-refractivity contribution >= 4 is 11.5 Å². The van der Waals surface area contributed by atoms with Crippen LogP contribution in [0.2, 0.25) is 0 Å². The third-order valence-corrected chi connectivity index (χ3v) is 3.65. The second kappa shape index (κ2) is 4.08. The molecule has 0 radical (unpaired) electrons. The Labute approximate surface area is 110 Å². The van der Waals surface area contributed by atoms with Crippen molar-refractivity contribution in [3.8, 4) is 0 Å². The van der Waals surface area contributed by atoms with Gasteiger partial charge in [-0.2, -0.15) is 5.10 Å². The number of nitrogens with two attached hydrogens (primary N) is 1. The van der Waals surface area contributed by atoms with Crippen molar-refractivity contribution in [3.63, 3.8) is 0 Å². The molecule has 0 saturated carbocycles. The smallest absolute Gasteiger partial charge is 0.333 e. The molecule has 3 rings (SSSR count). The first-order chi connectivity index (χ1) is 9.08. The van der Waals surface area contributed by atoms with Crippen molar-refractivity contribution in [2.24, 2.45) is 0 Å². The SMILES string of the molecule is Cc1nn(C2Cc3ccccc3C2)c(N)c1[N+](=O)[O-]. The van der Waals surface area contributed by atoms with Crippen LogP contribution in [0.1, 0.15) is 22.9 Å². The maximum absolute atomic E-state index is 11.0. The summed E-state index contributed by atoms with van der Waals surface area (Å²) in [5, 5.41) is 15.2. The van der Waals surface area contributed by atoms with Gasteiger partial charge in [0.05, 0.1) is 11.0 Å². The summed E-state index contributed by atoms with van der Waals surface area (Å²) in [6, 6.07) is 8.24. The third kappa shape index (κ3) is 1.76. The Balaban J connectivity index is 1.98. The first kappa shape index (κ1) is 11.7. The molecule has 6 heteroatoms. The van der Waals surface area contributed by atoms with Crippen LogP contribution < -0.4 is 5.73 Å². The van der Waals surface area contributed by atoms with E-state index < -0.39 is 4.92 Å². The van der Waals surface area contributed by atoms with Gasteiger partial charge < -0.3 is 5.73 Å². The lowest BCUT2D eigenvalue weighted by molar-refractivity contribution is -0.384. The van der Waals surface area contributed by atoms with Gasteiger partial charge in [0.15, 0.2) is 0 Å². The van der Waals surface area contributed by atoms with Crippen molar-refractivity contribution in [1.82, 2.24) is 9.78 Å². The molecule has 1 aliphatic rings. The van der Waals surface area contributed by atoms with Gasteiger partial charge in [0.25, 0.3) is 0 Å². The van der Waals surface area contributed by atoms with Crippen molar-refractivity contribution in [3.05, 3.63) is 51.2 Å². The number of nitrogen functional groups attached to an aromatic ring is 1. The second-order valence-corrected chi connectivity index (χ2v) is 4.85. The summed E-state index contributed by atoms with van der Waals surface area (Å²) in [6.45, 7) is 1.62. The minimum atomic E-state index is -0.462. The lowest BCUT2D eigenvalue weighted by Gasteiger charge is -2.10. The van der Waals surface area contributed by atoms with Crippen LogP contribution in [0.25, 0.3) is 0 Å². The number of aryl methyl sites for hydroxylation is 1. The molecule has 2 aromatic rings. The van der Waals surface area contributed by atoms with Gasteiger partial charge in [0.2, 0.25) is 5.82 Å². The Hall–Kier alpha value is -2.37. The van der Waals surface area contributed by atoms with E-state index in [1.807, 2.05) is 12.1 Å². The van der Waals surface area contributed by atoms with Crippen molar-refractivity contribution in [2.75, 3.05) is 5.73 Å². The number of fused-ring (bicyclic) bond motifs is 1. The van der Waals surface area contributed by atoms with Crippen molar-refractivity contribution < 1.29 is 4.92 Å². The molecule has 6 nitrogen and oxygen atoms in total. The topological polar surface area (TPSA) is 87.0 Å². The highest BCUT2D eigenvalue weighted by molar-refractivity contribution is 5.56. The first-order valence-electron chi connectivity index (χ1n) is 6.13. The minimum absolute atomic E-state index is 0.0732. The Kier molecular flexibility index (Phi) is 2.51. The zero-order chi connectivity index (χ0) is 13.6. The number of hydrogen-bond acceptors (Lipinski definition) is 4. The van der Waals surface area contributed by atoms with Gasteiger partial charge in [-0.25, -0.2) is 4.68 Å². The van der Waals surface area contributed by atoms with E-state index in [2.05, 4.69) is 17.2 Å². The van der Waals surface area contributed by atoms with Crippen LogP contribution in [0.4, 0.5) is 11.5 Å². The van der Waals surface area contributed by atoms with E-state index in [9.17, 15) is 10.1 Å². The monoisotopic (exact) mass is 258 g/mol. The van der Waals surface area contributed by atoms with Crippen LogP contribution in [-0.2, 0) is 12.8 Å². The van der Waals surface area contributed by atoms with Gasteiger partial charge in [0, 0.05) is 0 Å². The Bertz CT molecular complexity index is 638. The fraction of sp³-hybridized carbons (Fsp3) is 0.308. The summed E-state index contributed by atoms with van der Waals surface area (Å²) in [6.07, 6.45) is 1.64. The molecule has 0 saturated heterocycles. The maximum Gasteiger partial charge on any atom is 0.333 e. The lowest BCUT2D eigenvalue weighted by Crippen LogP contribution is -2.13. The Morgan fingerprint density at radius 2 is 1.95 bits per heavy atom. The molecule has 0 amide bonds. The third-order valence-electron chi connectivity index (χ3n) is 3.65. The molecule has 1 heterocycles. The summed E-state index contributed by atoms with van der Waals surface area (Å²) >= 11 is 0. The average Bonchev–Trinajstić information content (AvgIpc) is 2.89. The fourth-order valence-electron chi connectivity index (χ4n) is 2.77. The summed E-state index contributed by atoms with van der Waals surface area (Å²) in [4.78, 5) is 10.5. The predicted octanol–water partition coefficient (Wildman–Crippen LogP) is 2.02.